The molecule has 1 unspecified atom stereocenters. The molecule has 0 N–H and O–H groups in total. The second-order valence-corrected chi connectivity index (χ2v) is 4.69. The number of methoxy groups -OCH3 is 1. The Balaban J connectivity index is 3.24. The van der Waals surface area contributed by atoms with Crippen LogP contribution in [-0.2, 0) is 10.1 Å². The summed E-state index contributed by atoms with van der Waals surface area (Å²) in [6.45, 7) is 1.60. The van der Waals surface area contributed by atoms with Crippen molar-refractivity contribution in [2.45, 2.75) is 17.6 Å². The maximum absolute atomic E-state index is 11.9. The molecule has 1 aromatic carbocycles. The van der Waals surface area contributed by atoms with Gasteiger partial charge in [0.2, 0.25) is 0 Å². The predicted octanol–water partition coefficient (Wildman–Crippen LogP) is 3.18. The fraction of sp³-hybridized carbons (Fsp3) is 0.333. The van der Waals surface area contributed by atoms with E-state index in [4.69, 9.17) is 11.6 Å². The van der Waals surface area contributed by atoms with Crippen molar-refractivity contribution in [1.82, 2.24) is 0 Å². The summed E-state index contributed by atoms with van der Waals surface area (Å²) in [5.41, 5.74) is 1.60. The van der Waals surface area contributed by atoms with E-state index in [9.17, 15) is 9.59 Å². The molecule has 0 fully saturated rings. The van der Waals surface area contributed by atoms with Crippen LogP contribution in [0.15, 0.2) is 18.2 Å². The van der Waals surface area contributed by atoms with Crippen molar-refractivity contribution in [3.63, 3.8) is 0 Å². The summed E-state index contributed by atoms with van der Waals surface area (Å²) in [4.78, 5) is 23.3. The van der Waals surface area contributed by atoms with Gasteiger partial charge in [-0.15, -0.1) is 11.6 Å². The summed E-state index contributed by atoms with van der Waals surface area (Å²) in [7, 11) is 1.30. The van der Waals surface area contributed by atoms with Gasteiger partial charge in [-0.25, -0.2) is 4.79 Å². The van der Waals surface area contributed by atoms with Crippen LogP contribution in [0.2, 0.25) is 0 Å². The third-order valence-electron chi connectivity index (χ3n) is 2.30. The molecule has 0 saturated heterocycles. The Labute approximate surface area is 113 Å². The smallest absolute Gasteiger partial charge is 0.337 e. The molecule has 3 nitrogen and oxygen atoms in total. The fourth-order valence-electron chi connectivity index (χ4n) is 1.38. The van der Waals surface area contributed by atoms with Crippen molar-refractivity contribution in [3.8, 4) is 0 Å². The number of benzene rings is 1. The van der Waals surface area contributed by atoms with Crippen LogP contribution in [0.4, 0.5) is 0 Å². The minimum atomic E-state index is -0.624. The molecular formula is C12H12BrClO3. The van der Waals surface area contributed by atoms with Crippen LogP contribution in [0.3, 0.4) is 0 Å². The maximum Gasteiger partial charge on any atom is 0.337 e. The van der Waals surface area contributed by atoms with Gasteiger partial charge in [0, 0.05) is 10.9 Å². The second-order valence-electron chi connectivity index (χ2n) is 3.48. The Morgan fingerprint density at radius 3 is 2.59 bits per heavy atom. The van der Waals surface area contributed by atoms with E-state index in [1.165, 1.54) is 13.2 Å². The highest BCUT2D eigenvalue weighted by Gasteiger charge is 2.18. The van der Waals surface area contributed by atoms with Gasteiger partial charge in [-0.2, -0.15) is 0 Å². The number of hydrogen-bond donors (Lipinski definition) is 0. The topological polar surface area (TPSA) is 43.4 Å². The minimum absolute atomic E-state index is 0.202. The third-order valence-corrected chi connectivity index (χ3v) is 3.10. The van der Waals surface area contributed by atoms with Gasteiger partial charge in [0.05, 0.1) is 18.1 Å². The van der Waals surface area contributed by atoms with E-state index < -0.39 is 11.3 Å². The van der Waals surface area contributed by atoms with E-state index in [0.29, 0.717) is 16.5 Å². The highest BCUT2D eigenvalue weighted by atomic mass is 79.9. The quantitative estimate of drug-likeness (QED) is 0.486. The van der Waals surface area contributed by atoms with E-state index in [2.05, 4.69) is 20.7 Å². The van der Waals surface area contributed by atoms with Gasteiger partial charge < -0.3 is 4.74 Å². The van der Waals surface area contributed by atoms with Crippen molar-refractivity contribution in [2.75, 3.05) is 7.11 Å². The first-order valence-electron chi connectivity index (χ1n) is 4.96. The second kappa shape index (κ2) is 6.17. The molecule has 0 aliphatic rings. The van der Waals surface area contributed by atoms with E-state index in [-0.39, 0.29) is 5.78 Å². The first kappa shape index (κ1) is 14.2. The molecule has 0 aliphatic carbocycles. The normalized spacial score (nSPS) is 12.0. The Morgan fingerprint density at radius 2 is 2.12 bits per heavy atom. The number of Topliss-reactive ketones (excluding diaryl/α,β-unsaturated/α-hetero) is 1. The van der Waals surface area contributed by atoms with E-state index in [0.717, 1.165) is 5.56 Å². The number of alkyl halides is 2. The van der Waals surface area contributed by atoms with E-state index in [1.54, 1.807) is 19.1 Å². The zero-order valence-electron chi connectivity index (χ0n) is 9.50. The fourth-order valence-corrected chi connectivity index (χ4v) is 1.99. The lowest BCUT2D eigenvalue weighted by Gasteiger charge is -2.09. The van der Waals surface area contributed by atoms with Gasteiger partial charge >= 0.3 is 5.97 Å². The van der Waals surface area contributed by atoms with Gasteiger partial charge in [-0.05, 0) is 24.6 Å². The molecule has 0 spiro atoms. The highest BCUT2D eigenvalue weighted by Crippen LogP contribution is 2.19. The summed E-state index contributed by atoms with van der Waals surface area (Å²) in [5, 5.41) is -0.0974. The van der Waals surface area contributed by atoms with Crippen LogP contribution in [0.5, 0.6) is 0 Å². The zero-order chi connectivity index (χ0) is 13.0. The maximum atomic E-state index is 11.9. The van der Waals surface area contributed by atoms with Crippen molar-refractivity contribution in [2.24, 2.45) is 0 Å². The van der Waals surface area contributed by atoms with E-state index in [1.807, 2.05) is 0 Å². The van der Waals surface area contributed by atoms with Crippen molar-refractivity contribution >= 4 is 39.3 Å². The summed E-state index contributed by atoms with van der Waals surface area (Å²) in [5.74, 6) is -0.672. The summed E-state index contributed by atoms with van der Waals surface area (Å²) >= 11 is 9.07. The zero-order valence-corrected chi connectivity index (χ0v) is 11.8. The first-order chi connectivity index (χ1) is 8.01. The molecular weight excluding hydrogens is 307 g/mol. The average Bonchev–Trinajstić information content (AvgIpc) is 2.35. The molecule has 0 saturated carbocycles. The van der Waals surface area contributed by atoms with Gasteiger partial charge in [0.1, 0.15) is 0 Å². The van der Waals surface area contributed by atoms with Gasteiger partial charge in [0.25, 0.3) is 0 Å². The Hall–Kier alpha value is -0.870. The number of carbonyl (C=O) groups excluding carboxylic acids is 2. The summed E-state index contributed by atoms with van der Waals surface area (Å²) in [6, 6.07) is 4.86. The summed E-state index contributed by atoms with van der Waals surface area (Å²) in [6.07, 6.45) is 0. The number of carbonyl (C=O) groups is 2. The predicted molar refractivity (Wildman–Crippen MR) is 70.1 cm³/mol. The lowest BCUT2D eigenvalue weighted by Crippen LogP contribution is -2.14. The minimum Gasteiger partial charge on any atom is -0.465 e. The van der Waals surface area contributed by atoms with Crippen molar-refractivity contribution in [3.05, 3.63) is 34.9 Å². The molecule has 0 amide bonds. The van der Waals surface area contributed by atoms with Crippen LogP contribution in [0, 0.1) is 0 Å². The van der Waals surface area contributed by atoms with Crippen LogP contribution < -0.4 is 0 Å². The van der Waals surface area contributed by atoms with Crippen LogP contribution in [0.1, 0.15) is 33.2 Å². The average molecular weight is 320 g/mol. The molecule has 92 valence electrons. The first-order valence-corrected chi connectivity index (χ1v) is 6.52. The highest BCUT2D eigenvalue weighted by molar-refractivity contribution is 9.08. The molecule has 17 heavy (non-hydrogen) atoms. The third kappa shape index (κ3) is 3.30. The number of ketones is 1. The Bertz CT molecular complexity index is 443. The van der Waals surface area contributed by atoms with Crippen LogP contribution in [-0.4, -0.2) is 24.2 Å². The molecule has 1 aromatic rings. The number of hydrogen-bond acceptors (Lipinski definition) is 3. The monoisotopic (exact) mass is 318 g/mol. The van der Waals surface area contributed by atoms with E-state index >= 15 is 0 Å². The van der Waals surface area contributed by atoms with Crippen LogP contribution >= 0.6 is 27.5 Å². The molecule has 0 bridgehead atoms. The molecule has 0 radical (unpaired) electrons. The number of ether oxygens (including phenoxy) is 1. The summed E-state index contributed by atoms with van der Waals surface area (Å²) < 4.78 is 4.61. The lowest BCUT2D eigenvalue weighted by molar-refractivity contribution is 0.0600. The SMILES string of the molecule is COC(=O)c1ccc(CBr)c(C(=O)C(C)Cl)c1. The molecule has 5 heteroatoms. The standard InChI is InChI=1S/C12H12BrClO3/c1-7(14)11(15)10-5-8(12(16)17-2)3-4-9(10)6-13/h3-5,7H,6H2,1-2H3. The molecule has 1 rings (SSSR count). The van der Waals surface area contributed by atoms with Crippen molar-refractivity contribution < 1.29 is 14.3 Å². The molecule has 0 heterocycles. The Morgan fingerprint density at radius 1 is 1.47 bits per heavy atom. The van der Waals surface area contributed by atoms with Gasteiger partial charge in [-0.3, -0.25) is 4.79 Å². The van der Waals surface area contributed by atoms with Gasteiger partial charge in [0.15, 0.2) is 5.78 Å². The number of halogens is 2. The molecule has 0 aromatic heterocycles. The van der Waals surface area contributed by atoms with Crippen LogP contribution in [0.25, 0.3) is 0 Å². The molecule has 1 atom stereocenters. The lowest BCUT2D eigenvalue weighted by atomic mass is 10.00. The van der Waals surface area contributed by atoms with Crippen molar-refractivity contribution in [1.29, 1.82) is 0 Å². The van der Waals surface area contributed by atoms with Gasteiger partial charge in [-0.1, -0.05) is 22.0 Å². The Kier molecular flexibility index (Phi) is 5.15. The number of esters is 1. The number of rotatable bonds is 4. The molecule has 0 aliphatic heterocycles. The largest absolute Gasteiger partial charge is 0.465 e.